The number of anilines is 1. The van der Waals surface area contributed by atoms with Gasteiger partial charge in [-0.15, -0.1) is 0 Å². The molecule has 2 amide bonds. The van der Waals surface area contributed by atoms with Gasteiger partial charge in [-0.1, -0.05) is 17.7 Å². The molecular formula is C21H20N2O4. The molecule has 2 aromatic carbocycles. The Morgan fingerprint density at radius 1 is 1.00 bits per heavy atom. The molecule has 3 aromatic rings. The van der Waals surface area contributed by atoms with Gasteiger partial charge in [0.15, 0.2) is 6.61 Å². The van der Waals surface area contributed by atoms with Gasteiger partial charge in [-0.05, 0) is 55.5 Å². The van der Waals surface area contributed by atoms with Crippen LogP contribution in [0.2, 0.25) is 0 Å². The molecule has 3 rings (SSSR count). The second-order valence-corrected chi connectivity index (χ2v) is 5.99. The van der Waals surface area contributed by atoms with Gasteiger partial charge < -0.3 is 19.8 Å². The van der Waals surface area contributed by atoms with E-state index in [0.29, 0.717) is 29.3 Å². The molecule has 0 unspecified atom stereocenters. The van der Waals surface area contributed by atoms with Crippen molar-refractivity contribution in [3.63, 3.8) is 0 Å². The molecule has 0 saturated heterocycles. The van der Waals surface area contributed by atoms with Crippen molar-refractivity contribution >= 4 is 17.5 Å². The van der Waals surface area contributed by atoms with Crippen molar-refractivity contribution in [2.24, 2.45) is 0 Å². The summed E-state index contributed by atoms with van der Waals surface area (Å²) in [5, 5.41) is 5.50. The maximum absolute atomic E-state index is 12.1. The first-order chi connectivity index (χ1) is 13.1. The number of amides is 2. The van der Waals surface area contributed by atoms with Crippen molar-refractivity contribution in [3.05, 3.63) is 83.8 Å². The number of rotatable bonds is 7. The van der Waals surface area contributed by atoms with Crippen LogP contribution in [-0.4, -0.2) is 18.4 Å². The Balaban J connectivity index is 1.47. The lowest BCUT2D eigenvalue weighted by Gasteiger charge is -2.09. The van der Waals surface area contributed by atoms with Crippen LogP contribution in [-0.2, 0) is 11.3 Å². The average molecular weight is 364 g/mol. The summed E-state index contributed by atoms with van der Waals surface area (Å²) in [5.74, 6) is 0.831. The number of benzene rings is 2. The summed E-state index contributed by atoms with van der Waals surface area (Å²) in [5.41, 5.74) is 2.21. The van der Waals surface area contributed by atoms with Gasteiger partial charge in [0.25, 0.3) is 11.8 Å². The number of aryl methyl sites for hydroxylation is 1. The highest BCUT2D eigenvalue weighted by Gasteiger charge is 2.08. The van der Waals surface area contributed by atoms with Gasteiger partial charge in [0, 0.05) is 11.3 Å². The topological polar surface area (TPSA) is 80.6 Å². The lowest BCUT2D eigenvalue weighted by atomic mass is 10.2. The minimum absolute atomic E-state index is 0.0888. The maximum Gasteiger partial charge on any atom is 0.262 e. The van der Waals surface area contributed by atoms with E-state index in [1.165, 1.54) is 0 Å². The molecule has 1 aromatic heterocycles. The third-order valence-corrected chi connectivity index (χ3v) is 3.83. The number of ether oxygens (including phenoxy) is 1. The van der Waals surface area contributed by atoms with E-state index in [1.807, 2.05) is 31.2 Å². The van der Waals surface area contributed by atoms with E-state index in [4.69, 9.17) is 9.15 Å². The van der Waals surface area contributed by atoms with Gasteiger partial charge in [0.1, 0.15) is 11.5 Å². The summed E-state index contributed by atoms with van der Waals surface area (Å²) < 4.78 is 10.6. The Morgan fingerprint density at radius 3 is 2.41 bits per heavy atom. The smallest absolute Gasteiger partial charge is 0.262 e. The first kappa shape index (κ1) is 18.3. The van der Waals surface area contributed by atoms with Gasteiger partial charge in [-0.3, -0.25) is 9.59 Å². The van der Waals surface area contributed by atoms with Crippen molar-refractivity contribution in [1.82, 2.24) is 5.32 Å². The van der Waals surface area contributed by atoms with E-state index in [9.17, 15) is 9.59 Å². The molecular weight excluding hydrogens is 344 g/mol. The molecule has 2 N–H and O–H groups in total. The van der Waals surface area contributed by atoms with Crippen LogP contribution in [0.5, 0.6) is 5.75 Å². The summed E-state index contributed by atoms with van der Waals surface area (Å²) in [6, 6.07) is 17.7. The highest BCUT2D eigenvalue weighted by atomic mass is 16.5. The Kier molecular flexibility index (Phi) is 5.89. The summed E-state index contributed by atoms with van der Waals surface area (Å²) in [7, 11) is 0. The first-order valence-corrected chi connectivity index (χ1v) is 8.50. The standard InChI is InChI=1S/C21H20N2O4/c1-15-4-10-18(11-5-15)27-14-20(24)23-17-8-6-16(7-9-17)21(25)22-13-19-3-2-12-26-19/h2-12H,13-14H2,1H3,(H,22,25)(H,23,24). The molecule has 0 fully saturated rings. The van der Waals surface area contributed by atoms with E-state index < -0.39 is 0 Å². The van der Waals surface area contributed by atoms with Crippen molar-refractivity contribution in [2.75, 3.05) is 11.9 Å². The van der Waals surface area contributed by atoms with Crippen molar-refractivity contribution in [1.29, 1.82) is 0 Å². The Morgan fingerprint density at radius 2 is 1.74 bits per heavy atom. The predicted octanol–water partition coefficient (Wildman–Crippen LogP) is 3.54. The van der Waals surface area contributed by atoms with Crippen LogP contribution in [0.4, 0.5) is 5.69 Å². The Labute approximate surface area is 157 Å². The molecule has 27 heavy (non-hydrogen) atoms. The van der Waals surface area contributed by atoms with E-state index in [0.717, 1.165) is 5.56 Å². The predicted molar refractivity (Wildman–Crippen MR) is 102 cm³/mol. The quantitative estimate of drug-likeness (QED) is 0.672. The monoisotopic (exact) mass is 364 g/mol. The molecule has 0 aliphatic rings. The van der Waals surface area contributed by atoms with Crippen molar-refractivity contribution in [3.8, 4) is 5.75 Å². The molecule has 0 spiro atoms. The Bertz CT molecular complexity index is 885. The van der Waals surface area contributed by atoms with E-state index in [-0.39, 0.29) is 18.4 Å². The lowest BCUT2D eigenvalue weighted by Crippen LogP contribution is -2.23. The SMILES string of the molecule is Cc1ccc(OCC(=O)Nc2ccc(C(=O)NCc3ccco3)cc2)cc1. The summed E-state index contributed by atoms with van der Waals surface area (Å²) >= 11 is 0. The zero-order valence-corrected chi connectivity index (χ0v) is 14.9. The molecule has 138 valence electrons. The molecule has 0 radical (unpaired) electrons. The van der Waals surface area contributed by atoms with Crippen molar-refractivity contribution in [2.45, 2.75) is 13.5 Å². The summed E-state index contributed by atoms with van der Waals surface area (Å²) in [4.78, 5) is 24.1. The molecule has 0 aliphatic carbocycles. The zero-order valence-electron chi connectivity index (χ0n) is 14.9. The van der Waals surface area contributed by atoms with Gasteiger partial charge in [0.05, 0.1) is 12.8 Å². The second-order valence-electron chi connectivity index (χ2n) is 5.99. The van der Waals surface area contributed by atoms with Crippen LogP contribution >= 0.6 is 0 Å². The molecule has 6 heteroatoms. The lowest BCUT2D eigenvalue weighted by molar-refractivity contribution is -0.118. The highest BCUT2D eigenvalue weighted by Crippen LogP contribution is 2.13. The minimum atomic E-state index is -0.273. The van der Waals surface area contributed by atoms with Gasteiger partial charge in [0.2, 0.25) is 0 Å². The molecule has 0 aliphatic heterocycles. The van der Waals surface area contributed by atoms with E-state index in [2.05, 4.69) is 10.6 Å². The fourth-order valence-corrected chi connectivity index (χ4v) is 2.37. The average Bonchev–Trinajstić information content (AvgIpc) is 3.20. The molecule has 0 saturated carbocycles. The van der Waals surface area contributed by atoms with E-state index in [1.54, 1.807) is 42.7 Å². The van der Waals surface area contributed by atoms with Crippen LogP contribution in [0.3, 0.4) is 0 Å². The molecule has 6 nitrogen and oxygen atoms in total. The van der Waals surface area contributed by atoms with Crippen LogP contribution < -0.4 is 15.4 Å². The van der Waals surface area contributed by atoms with Crippen molar-refractivity contribution < 1.29 is 18.7 Å². The van der Waals surface area contributed by atoms with Crippen LogP contribution in [0.25, 0.3) is 0 Å². The summed E-state index contributed by atoms with van der Waals surface area (Å²) in [6.07, 6.45) is 1.56. The highest BCUT2D eigenvalue weighted by molar-refractivity contribution is 5.96. The number of hydrogen-bond donors (Lipinski definition) is 2. The zero-order chi connectivity index (χ0) is 19.1. The Hall–Kier alpha value is -3.54. The van der Waals surface area contributed by atoms with Crippen LogP contribution in [0.15, 0.2) is 71.3 Å². The molecule has 0 atom stereocenters. The van der Waals surface area contributed by atoms with Gasteiger partial charge in [-0.25, -0.2) is 0 Å². The third kappa shape index (κ3) is 5.47. The number of hydrogen-bond acceptors (Lipinski definition) is 4. The van der Waals surface area contributed by atoms with Crippen LogP contribution in [0.1, 0.15) is 21.7 Å². The fourth-order valence-electron chi connectivity index (χ4n) is 2.37. The maximum atomic E-state index is 12.1. The fraction of sp³-hybridized carbons (Fsp3) is 0.143. The molecule has 1 heterocycles. The first-order valence-electron chi connectivity index (χ1n) is 8.50. The third-order valence-electron chi connectivity index (χ3n) is 3.83. The van der Waals surface area contributed by atoms with Gasteiger partial charge >= 0.3 is 0 Å². The van der Waals surface area contributed by atoms with E-state index >= 15 is 0 Å². The number of furan rings is 1. The molecule has 0 bridgehead atoms. The van der Waals surface area contributed by atoms with Crippen LogP contribution in [0, 0.1) is 6.92 Å². The van der Waals surface area contributed by atoms with Gasteiger partial charge in [-0.2, -0.15) is 0 Å². The number of carbonyl (C=O) groups excluding carboxylic acids is 2. The second kappa shape index (κ2) is 8.71. The largest absolute Gasteiger partial charge is 0.484 e. The summed E-state index contributed by atoms with van der Waals surface area (Å²) in [6.45, 7) is 2.21. The normalized spacial score (nSPS) is 10.3. The minimum Gasteiger partial charge on any atom is -0.484 e. The number of carbonyl (C=O) groups is 2. The number of nitrogens with one attached hydrogen (secondary N) is 2.